The van der Waals surface area contributed by atoms with Gasteiger partial charge in [-0.05, 0) is 176 Å². The second-order valence-electron chi connectivity index (χ2n) is 17.6. The van der Waals surface area contributed by atoms with Crippen molar-refractivity contribution >= 4 is 6.08 Å². The van der Waals surface area contributed by atoms with Crippen molar-refractivity contribution in [3.8, 4) is 0 Å². The van der Waals surface area contributed by atoms with Gasteiger partial charge in [-0.25, -0.2) is 0 Å². The molecule has 9 rings (SSSR count). The van der Waals surface area contributed by atoms with Crippen LogP contribution >= 0.6 is 0 Å². The van der Waals surface area contributed by atoms with Gasteiger partial charge in [-0.3, -0.25) is 0 Å². The Labute approximate surface area is 362 Å². The maximum Gasteiger partial charge on any atom is -0.0235 e. The standard InChI is InChI=1S/2C14H20.C12H16.C10H12.C9H10/c1-2-3-4-5-6-12-7-8-13-9-10-14(13)11-12;1-3-5-6-7-8-14-11-9-13(4-2)10-12-14;1-2-3-4-10-5-6-11-7-8-12(11)9-10;1-2-8-3-4-9-5-6-10(9)7-8;1-7-2-3-8-4-5-9(8)6-7/h7-8,11H,2-6,9-10H2,1H3;4,9-12H,2-3,5-8H2,1H3;5-6,9H,2-4,7-8H2,1H3;3-4,7H,2,5-6H2,1H3;2-3,6H,4-5H2,1H3. The van der Waals surface area contributed by atoms with E-state index in [2.05, 4.69) is 138 Å². The van der Waals surface area contributed by atoms with Crippen molar-refractivity contribution in [3.63, 3.8) is 0 Å². The van der Waals surface area contributed by atoms with Crippen molar-refractivity contribution in [2.24, 2.45) is 0 Å². The Balaban J connectivity index is 0.000000141. The summed E-state index contributed by atoms with van der Waals surface area (Å²) in [7, 11) is 0. The summed E-state index contributed by atoms with van der Waals surface area (Å²) in [5, 5.41) is 0. The van der Waals surface area contributed by atoms with Crippen LogP contribution in [-0.4, -0.2) is 0 Å². The van der Waals surface area contributed by atoms with Crippen LogP contribution in [0.25, 0.3) is 6.08 Å². The molecule has 59 heavy (non-hydrogen) atoms. The average molecular weight is 787 g/mol. The minimum Gasteiger partial charge on any atom is -0.0985 e. The Hall–Kier alpha value is -4.16. The number of rotatable bonds is 15. The van der Waals surface area contributed by atoms with E-state index in [1.165, 1.54) is 169 Å². The predicted molar refractivity (Wildman–Crippen MR) is 260 cm³/mol. The molecule has 0 bridgehead atoms. The third-order valence-corrected chi connectivity index (χ3v) is 12.9. The normalized spacial score (nSPS) is 13.0. The van der Waals surface area contributed by atoms with Crippen molar-refractivity contribution in [2.75, 3.05) is 0 Å². The van der Waals surface area contributed by atoms with Gasteiger partial charge >= 0.3 is 0 Å². The largest absolute Gasteiger partial charge is 0.0985 e. The Kier molecular flexibility index (Phi) is 19.8. The van der Waals surface area contributed by atoms with E-state index in [0.29, 0.717) is 0 Å². The first kappa shape index (κ1) is 45.9. The van der Waals surface area contributed by atoms with E-state index in [4.69, 9.17) is 0 Å². The molecule has 0 amide bonds. The van der Waals surface area contributed by atoms with E-state index in [1.54, 1.807) is 50.1 Å². The van der Waals surface area contributed by atoms with Crippen LogP contribution < -0.4 is 0 Å². The summed E-state index contributed by atoms with van der Waals surface area (Å²) in [4.78, 5) is 0. The first-order valence-corrected chi connectivity index (χ1v) is 24.0. The van der Waals surface area contributed by atoms with Crippen LogP contribution in [0.2, 0.25) is 0 Å². The molecule has 0 aliphatic heterocycles. The molecule has 0 heteroatoms. The zero-order valence-corrected chi connectivity index (χ0v) is 38.1. The Morgan fingerprint density at radius 3 is 1.12 bits per heavy atom. The lowest BCUT2D eigenvalue weighted by Gasteiger charge is -2.19. The maximum absolute atomic E-state index is 3.75. The molecule has 0 fully saturated rings. The molecule has 5 aromatic carbocycles. The van der Waals surface area contributed by atoms with Gasteiger partial charge < -0.3 is 0 Å². The Bertz CT molecular complexity index is 1990. The third kappa shape index (κ3) is 15.1. The van der Waals surface area contributed by atoms with Crippen LogP contribution in [-0.2, 0) is 77.0 Å². The minimum atomic E-state index is 1.17. The molecule has 4 aliphatic rings. The third-order valence-electron chi connectivity index (χ3n) is 12.9. The fourth-order valence-corrected chi connectivity index (χ4v) is 8.31. The number of hydrogen-bond donors (Lipinski definition) is 0. The molecule has 0 N–H and O–H groups in total. The maximum atomic E-state index is 3.75. The monoisotopic (exact) mass is 787 g/mol. The summed E-state index contributed by atoms with van der Waals surface area (Å²) in [6.07, 6.45) is 30.8. The smallest absolute Gasteiger partial charge is 0.0235 e. The summed E-state index contributed by atoms with van der Waals surface area (Å²) in [5.74, 6) is 0. The van der Waals surface area contributed by atoms with E-state index in [1.807, 2.05) is 6.08 Å². The number of hydrogen-bond acceptors (Lipinski definition) is 0. The molecule has 0 radical (unpaired) electrons. The Morgan fingerprint density at radius 1 is 0.373 bits per heavy atom. The van der Waals surface area contributed by atoms with Crippen molar-refractivity contribution in [1.29, 1.82) is 0 Å². The van der Waals surface area contributed by atoms with E-state index in [0.717, 1.165) is 0 Å². The molecule has 0 nitrogen and oxygen atoms in total. The molecule has 0 saturated carbocycles. The van der Waals surface area contributed by atoms with Gasteiger partial charge in [0.25, 0.3) is 0 Å². The number of benzene rings is 5. The van der Waals surface area contributed by atoms with Gasteiger partial charge in [0.1, 0.15) is 0 Å². The molecule has 5 aromatic rings. The van der Waals surface area contributed by atoms with E-state index < -0.39 is 0 Å². The highest BCUT2D eigenvalue weighted by molar-refractivity contribution is 5.47. The average Bonchev–Trinajstić information content (AvgIpc) is 3.22. The summed E-state index contributed by atoms with van der Waals surface area (Å²) in [5.41, 5.74) is 21.3. The topological polar surface area (TPSA) is 0 Å². The summed E-state index contributed by atoms with van der Waals surface area (Å²) < 4.78 is 0. The van der Waals surface area contributed by atoms with Crippen LogP contribution in [0.15, 0.2) is 104 Å². The molecule has 0 atom stereocenters. The van der Waals surface area contributed by atoms with E-state index in [9.17, 15) is 0 Å². The zero-order valence-electron chi connectivity index (χ0n) is 38.1. The van der Waals surface area contributed by atoms with Gasteiger partial charge in [0, 0.05) is 0 Å². The van der Waals surface area contributed by atoms with Gasteiger partial charge in [0.2, 0.25) is 0 Å². The van der Waals surface area contributed by atoms with Crippen LogP contribution in [0.3, 0.4) is 0 Å². The Morgan fingerprint density at radius 2 is 0.746 bits per heavy atom. The first-order chi connectivity index (χ1) is 28.9. The predicted octanol–water partition coefficient (Wildman–Crippen LogP) is 15.9. The first-order valence-electron chi connectivity index (χ1n) is 24.0. The molecular weight excluding hydrogens is 709 g/mol. The van der Waals surface area contributed by atoms with Crippen LogP contribution in [0.1, 0.15) is 170 Å². The highest BCUT2D eigenvalue weighted by Gasteiger charge is 2.14. The van der Waals surface area contributed by atoms with Crippen LogP contribution in [0, 0.1) is 6.92 Å². The number of unbranched alkanes of at least 4 members (excludes halogenated alkanes) is 7. The van der Waals surface area contributed by atoms with Gasteiger partial charge in [0.05, 0.1) is 0 Å². The zero-order chi connectivity index (χ0) is 41.7. The molecular formula is C59H78. The van der Waals surface area contributed by atoms with Crippen LogP contribution in [0.5, 0.6) is 0 Å². The molecule has 4 aliphatic carbocycles. The summed E-state index contributed by atoms with van der Waals surface area (Å²) in [6, 6.07) is 36.4. The highest BCUT2D eigenvalue weighted by atomic mass is 14.2. The fourth-order valence-electron chi connectivity index (χ4n) is 8.31. The highest BCUT2D eigenvalue weighted by Crippen LogP contribution is 2.26. The van der Waals surface area contributed by atoms with Gasteiger partial charge in [0.15, 0.2) is 0 Å². The molecule has 314 valence electrons. The number of aryl methyl sites for hydroxylation is 13. The van der Waals surface area contributed by atoms with Gasteiger partial charge in [-0.15, -0.1) is 0 Å². The number of fused-ring (bicyclic) bond motifs is 4. The van der Waals surface area contributed by atoms with Gasteiger partial charge in [-0.1, -0.05) is 188 Å². The van der Waals surface area contributed by atoms with Crippen LogP contribution in [0.4, 0.5) is 0 Å². The van der Waals surface area contributed by atoms with E-state index >= 15 is 0 Å². The van der Waals surface area contributed by atoms with Crippen molar-refractivity contribution in [1.82, 2.24) is 0 Å². The molecule has 0 saturated heterocycles. The van der Waals surface area contributed by atoms with E-state index in [-0.39, 0.29) is 0 Å². The molecule has 0 spiro atoms. The van der Waals surface area contributed by atoms with Crippen molar-refractivity contribution in [2.45, 2.75) is 176 Å². The van der Waals surface area contributed by atoms with Crippen molar-refractivity contribution < 1.29 is 0 Å². The second-order valence-corrected chi connectivity index (χ2v) is 17.6. The minimum absolute atomic E-state index is 1.17. The quantitative estimate of drug-likeness (QED) is 0.0927. The lowest BCUT2D eigenvalue weighted by atomic mass is 9.86. The molecule has 0 aromatic heterocycles. The lowest BCUT2D eigenvalue weighted by molar-refractivity contribution is 0.665. The van der Waals surface area contributed by atoms with Crippen molar-refractivity contribution in [3.05, 3.63) is 182 Å². The fraction of sp³-hybridized carbons (Fsp3) is 0.458. The second kappa shape index (κ2) is 25.5. The molecule has 0 unspecified atom stereocenters. The molecule has 0 heterocycles. The summed E-state index contributed by atoms with van der Waals surface area (Å²) >= 11 is 0. The van der Waals surface area contributed by atoms with Gasteiger partial charge in [-0.2, -0.15) is 0 Å². The summed E-state index contributed by atoms with van der Waals surface area (Å²) in [6.45, 7) is 14.9. The SMILES string of the molecule is C=Cc1ccc(CCCCCC)cc1.CCCCCCc1ccc2c(c1)CC2.CCCCc1ccc2c(c1)CC2.CCc1ccc2c(c1)CC2.Cc1ccc2c(c1)CC2. The lowest BCUT2D eigenvalue weighted by Crippen LogP contribution is -2.08.